The second kappa shape index (κ2) is 7.03. The van der Waals surface area contributed by atoms with E-state index in [2.05, 4.69) is 4.72 Å². The van der Waals surface area contributed by atoms with E-state index in [0.29, 0.717) is 17.5 Å². The fourth-order valence-electron chi connectivity index (χ4n) is 1.95. The lowest BCUT2D eigenvalue weighted by molar-refractivity contribution is 0.214. The summed E-state index contributed by atoms with van der Waals surface area (Å²) in [4.78, 5) is 0. The van der Waals surface area contributed by atoms with Crippen molar-refractivity contribution < 1.29 is 13.5 Å². The third-order valence-electron chi connectivity index (χ3n) is 3.22. The van der Waals surface area contributed by atoms with Gasteiger partial charge in [-0.05, 0) is 29.5 Å². The topological polar surface area (TPSA) is 90.2 Å². The average molecular weight is 310 g/mol. The van der Waals surface area contributed by atoms with E-state index in [-0.39, 0.29) is 23.8 Å². The number of hydrogen-bond donors (Lipinski definition) is 2. The van der Waals surface area contributed by atoms with E-state index >= 15 is 0 Å². The maximum absolute atomic E-state index is 12.2. The SMILES string of the molecule is CC(C)(C)C(CCO)NS(=O)(=O)Cc1ccc(C#N)cc1. The first kappa shape index (κ1) is 17.6. The van der Waals surface area contributed by atoms with Gasteiger partial charge in [-0.25, -0.2) is 13.1 Å². The molecule has 6 heteroatoms. The van der Waals surface area contributed by atoms with E-state index in [1.165, 1.54) is 0 Å². The standard InChI is InChI=1S/C15H22N2O3S/c1-15(2,3)14(8-9-18)17-21(19,20)11-13-6-4-12(10-16)5-7-13/h4-7,14,17-18H,8-9,11H2,1-3H3. The number of aliphatic hydroxyl groups is 1. The predicted molar refractivity (Wildman–Crippen MR) is 81.9 cm³/mol. The molecule has 1 aromatic carbocycles. The van der Waals surface area contributed by atoms with Crippen molar-refractivity contribution in [3.63, 3.8) is 0 Å². The molecule has 0 aliphatic carbocycles. The van der Waals surface area contributed by atoms with Gasteiger partial charge in [0.15, 0.2) is 0 Å². The maximum atomic E-state index is 12.2. The van der Waals surface area contributed by atoms with Crippen LogP contribution in [-0.4, -0.2) is 26.2 Å². The van der Waals surface area contributed by atoms with Gasteiger partial charge in [0.05, 0.1) is 17.4 Å². The Balaban J connectivity index is 2.82. The van der Waals surface area contributed by atoms with Crippen LogP contribution in [0.25, 0.3) is 0 Å². The Kier molecular flexibility index (Phi) is 5.90. The van der Waals surface area contributed by atoms with Crippen molar-refractivity contribution in [1.29, 1.82) is 5.26 Å². The number of nitrogens with zero attached hydrogens (tertiary/aromatic N) is 1. The molecule has 0 aliphatic heterocycles. The van der Waals surface area contributed by atoms with Gasteiger partial charge in [0.2, 0.25) is 10.0 Å². The van der Waals surface area contributed by atoms with Gasteiger partial charge in [-0.15, -0.1) is 0 Å². The molecule has 21 heavy (non-hydrogen) atoms. The minimum absolute atomic E-state index is 0.0681. The largest absolute Gasteiger partial charge is 0.396 e. The Morgan fingerprint density at radius 3 is 2.29 bits per heavy atom. The molecule has 0 radical (unpaired) electrons. The van der Waals surface area contributed by atoms with Crippen LogP contribution in [0.3, 0.4) is 0 Å². The van der Waals surface area contributed by atoms with E-state index in [4.69, 9.17) is 10.4 Å². The van der Waals surface area contributed by atoms with Gasteiger partial charge in [0.1, 0.15) is 0 Å². The van der Waals surface area contributed by atoms with Crippen LogP contribution in [0.5, 0.6) is 0 Å². The molecule has 0 fully saturated rings. The van der Waals surface area contributed by atoms with Crippen molar-refractivity contribution in [3.8, 4) is 6.07 Å². The van der Waals surface area contributed by atoms with Crippen LogP contribution in [0.1, 0.15) is 38.3 Å². The quantitative estimate of drug-likeness (QED) is 0.838. The fraction of sp³-hybridized carbons (Fsp3) is 0.533. The smallest absolute Gasteiger partial charge is 0.216 e. The van der Waals surface area contributed by atoms with Crippen molar-refractivity contribution in [3.05, 3.63) is 35.4 Å². The first-order valence-corrected chi connectivity index (χ1v) is 8.43. The van der Waals surface area contributed by atoms with Gasteiger partial charge in [-0.1, -0.05) is 32.9 Å². The molecule has 0 amide bonds. The molecule has 0 heterocycles. The van der Waals surface area contributed by atoms with E-state index in [9.17, 15) is 8.42 Å². The first-order chi connectivity index (χ1) is 9.68. The van der Waals surface area contributed by atoms with E-state index in [1.807, 2.05) is 26.8 Å². The molecule has 0 bridgehead atoms. The van der Waals surface area contributed by atoms with Gasteiger partial charge >= 0.3 is 0 Å². The van der Waals surface area contributed by atoms with Crippen molar-refractivity contribution in [1.82, 2.24) is 4.72 Å². The van der Waals surface area contributed by atoms with Crippen LogP contribution in [-0.2, 0) is 15.8 Å². The molecule has 1 rings (SSSR count). The van der Waals surface area contributed by atoms with Crippen molar-refractivity contribution in [2.45, 2.75) is 39.0 Å². The van der Waals surface area contributed by atoms with E-state index < -0.39 is 10.0 Å². The van der Waals surface area contributed by atoms with Gasteiger partial charge in [-0.3, -0.25) is 0 Å². The Morgan fingerprint density at radius 1 is 1.29 bits per heavy atom. The summed E-state index contributed by atoms with van der Waals surface area (Å²) < 4.78 is 27.1. The van der Waals surface area contributed by atoms with Crippen molar-refractivity contribution >= 4 is 10.0 Å². The molecule has 0 aliphatic rings. The molecule has 0 spiro atoms. The zero-order valence-electron chi connectivity index (χ0n) is 12.6. The number of benzene rings is 1. The summed E-state index contributed by atoms with van der Waals surface area (Å²) in [6.07, 6.45) is 0.371. The van der Waals surface area contributed by atoms with Crippen LogP contribution in [0, 0.1) is 16.7 Å². The predicted octanol–water partition coefficient (Wildman–Crippen LogP) is 1.77. The monoisotopic (exact) mass is 310 g/mol. The minimum Gasteiger partial charge on any atom is -0.396 e. The highest BCUT2D eigenvalue weighted by molar-refractivity contribution is 7.88. The Bertz CT molecular complexity index is 595. The number of aliphatic hydroxyl groups excluding tert-OH is 1. The van der Waals surface area contributed by atoms with Crippen LogP contribution < -0.4 is 4.72 Å². The van der Waals surface area contributed by atoms with Gasteiger partial charge < -0.3 is 5.11 Å². The zero-order valence-corrected chi connectivity index (χ0v) is 13.4. The summed E-state index contributed by atoms with van der Waals surface area (Å²) in [5.41, 5.74) is 0.843. The normalized spacial score (nSPS) is 13.7. The number of hydrogen-bond acceptors (Lipinski definition) is 4. The summed E-state index contributed by atoms with van der Waals surface area (Å²) in [5.74, 6) is -0.142. The fourth-order valence-corrected chi connectivity index (χ4v) is 3.57. The summed E-state index contributed by atoms with van der Waals surface area (Å²) >= 11 is 0. The van der Waals surface area contributed by atoms with Crippen LogP contribution in [0.15, 0.2) is 24.3 Å². The molecule has 116 valence electrons. The van der Waals surface area contributed by atoms with Gasteiger partial charge in [-0.2, -0.15) is 5.26 Å². The number of rotatable bonds is 6. The summed E-state index contributed by atoms with van der Waals surface area (Å²) in [6.45, 7) is 5.72. The summed E-state index contributed by atoms with van der Waals surface area (Å²) in [5, 5.41) is 17.8. The van der Waals surface area contributed by atoms with E-state index in [0.717, 1.165) is 0 Å². The second-order valence-corrected chi connectivity index (χ2v) is 7.87. The van der Waals surface area contributed by atoms with Gasteiger partial charge in [0, 0.05) is 12.6 Å². The maximum Gasteiger partial charge on any atom is 0.216 e. The van der Waals surface area contributed by atoms with Crippen LogP contribution >= 0.6 is 0 Å². The number of nitriles is 1. The lowest BCUT2D eigenvalue weighted by Gasteiger charge is -2.30. The molecule has 0 saturated carbocycles. The van der Waals surface area contributed by atoms with Crippen molar-refractivity contribution in [2.75, 3.05) is 6.61 Å². The molecule has 1 atom stereocenters. The van der Waals surface area contributed by atoms with Gasteiger partial charge in [0.25, 0.3) is 0 Å². The van der Waals surface area contributed by atoms with Crippen LogP contribution in [0.4, 0.5) is 0 Å². The average Bonchev–Trinajstić information content (AvgIpc) is 2.37. The molecule has 0 aromatic heterocycles. The van der Waals surface area contributed by atoms with Crippen molar-refractivity contribution in [2.24, 2.45) is 5.41 Å². The highest BCUT2D eigenvalue weighted by Gasteiger charge is 2.28. The molecule has 5 nitrogen and oxygen atoms in total. The molecule has 0 saturated heterocycles. The Morgan fingerprint density at radius 2 is 1.86 bits per heavy atom. The summed E-state index contributed by atoms with van der Waals surface area (Å²) in [7, 11) is -3.50. The lowest BCUT2D eigenvalue weighted by Crippen LogP contribution is -2.44. The first-order valence-electron chi connectivity index (χ1n) is 6.78. The minimum atomic E-state index is -3.50. The highest BCUT2D eigenvalue weighted by atomic mass is 32.2. The zero-order chi connectivity index (χ0) is 16.1. The molecule has 1 unspecified atom stereocenters. The second-order valence-electron chi connectivity index (χ2n) is 6.12. The number of sulfonamides is 1. The Labute approximate surface area is 126 Å². The highest BCUT2D eigenvalue weighted by Crippen LogP contribution is 2.23. The third kappa shape index (κ3) is 5.84. The van der Waals surface area contributed by atoms with Crippen LogP contribution in [0.2, 0.25) is 0 Å². The molecular weight excluding hydrogens is 288 g/mol. The lowest BCUT2D eigenvalue weighted by atomic mass is 9.86. The molecular formula is C15H22N2O3S. The Hall–Kier alpha value is -1.42. The third-order valence-corrected chi connectivity index (χ3v) is 4.58. The summed E-state index contributed by atoms with van der Waals surface area (Å²) in [6, 6.07) is 8.13. The molecule has 1 aromatic rings. The molecule has 2 N–H and O–H groups in total. The van der Waals surface area contributed by atoms with E-state index in [1.54, 1.807) is 24.3 Å². The number of nitrogens with one attached hydrogen (secondary N) is 1.